The van der Waals surface area contributed by atoms with E-state index in [0.29, 0.717) is 11.4 Å². The molecular formula is C15H11ClN2O3. The maximum atomic E-state index is 12.4. The molecule has 2 aromatic rings. The number of hydrogen-bond acceptors (Lipinski definition) is 3. The minimum absolute atomic E-state index is 0.179. The standard InChI is InChI=1S/C15H11ClN2O3/c16-9-6-11-15(12(19)7-9)17-13(20)8-14(21)18(11)10-4-2-1-3-5-10/h1-7,19H,8H2,(H,17,20). The van der Waals surface area contributed by atoms with E-state index in [1.54, 1.807) is 24.3 Å². The van der Waals surface area contributed by atoms with Crippen molar-refractivity contribution in [3.63, 3.8) is 0 Å². The number of phenolic OH excluding ortho intramolecular Hbond substituents is 1. The highest BCUT2D eigenvalue weighted by molar-refractivity contribution is 6.32. The smallest absolute Gasteiger partial charge is 0.241 e. The van der Waals surface area contributed by atoms with E-state index in [2.05, 4.69) is 5.32 Å². The van der Waals surface area contributed by atoms with Crippen molar-refractivity contribution in [2.75, 3.05) is 10.2 Å². The second-order valence-electron chi connectivity index (χ2n) is 4.61. The van der Waals surface area contributed by atoms with Crippen LogP contribution in [0.1, 0.15) is 6.42 Å². The molecular weight excluding hydrogens is 292 g/mol. The molecule has 0 spiro atoms. The number of nitrogens with zero attached hydrogens (tertiary/aromatic N) is 1. The number of aromatic hydroxyl groups is 1. The number of para-hydroxylation sites is 1. The fourth-order valence-corrected chi connectivity index (χ4v) is 2.48. The molecule has 0 unspecified atom stereocenters. The maximum absolute atomic E-state index is 12.4. The number of rotatable bonds is 1. The zero-order valence-corrected chi connectivity index (χ0v) is 11.6. The lowest BCUT2D eigenvalue weighted by Crippen LogP contribution is -2.26. The number of phenols is 1. The van der Waals surface area contributed by atoms with Crippen molar-refractivity contribution < 1.29 is 14.7 Å². The summed E-state index contributed by atoms with van der Waals surface area (Å²) in [5.74, 6) is -1.04. The van der Waals surface area contributed by atoms with Crippen LogP contribution in [0.4, 0.5) is 17.1 Å². The largest absolute Gasteiger partial charge is 0.506 e. The van der Waals surface area contributed by atoms with Gasteiger partial charge in [-0.1, -0.05) is 29.8 Å². The lowest BCUT2D eigenvalue weighted by molar-refractivity contribution is -0.124. The van der Waals surface area contributed by atoms with Crippen LogP contribution in [0.3, 0.4) is 0 Å². The van der Waals surface area contributed by atoms with Gasteiger partial charge in [0, 0.05) is 16.8 Å². The topological polar surface area (TPSA) is 69.6 Å². The summed E-state index contributed by atoms with van der Waals surface area (Å²) >= 11 is 5.96. The lowest BCUT2D eigenvalue weighted by Gasteiger charge is -2.23. The molecule has 0 bridgehead atoms. The Labute approximate surface area is 125 Å². The molecule has 0 radical (unpaired) electrons. The van der Waals surface area contributed by atoms with Crippen molar-refractivity contribution >= 4 is 40.5 Å². The fraction of sp³-hybridized carbons (Fsp3) is 0.0667. The first kappa shape index (κ1) is 13.5. The maximum Gasteiger partial charge on any atom is 0.241 e. The molecule has 6 heteroatoms. The van der Waals surface area contributed by atoms with Gasteiger partial charge in [-0.15, -0.1) is 0 Å². The van der Waals surface area contributed by atoms with Gasteiger partial charge in [0.05, 0.1) is 5.69 Å². The minimum atomic E-state index is -0.475. The summed E-state index contributed by atoms with van der Waals surface area (Å²) in [4.78, 5) is 25.5. The number of halogens is 1. The lowest BCUT2D eigenvalue weighted by atomic mass is 10.2. The third-order valence-electron chi connectivity index (χ3n) is 3.14. The molecule has 0 fully saturated rings. The quantitative estimate of drug-likeness (QED) is 0.628. The van der Waals surface area contributed by atoms with E-state index in [-0.39, 0.29) is 28.8 Å². The summed E-state index contributed by atoms with van der Waals surface area (Å²) in [6.07, 6.45) is -0.305. The van der Waals surface area contributed by atoms with Crippen LogP contribution in [-0.4, -0.2) is 16.9 Å². The van der Waals surface area contributed by atoms with Gasteiger partial charge < -0.3 is 10.4 Å². The normalized spacial score (nSPS) is 14.4. The Morgan fingerprint density at radius 1 is 1.14 bits per heavy atom. The van der Waals surface area contributed by atoms with E-state index in [1.165, 1.54) is 17.0 Å². The Kier molecular flexibility index (Phi) is 3.27. The van der Waals surface area contributed by atoms with Crippen LogP contribution in [-0.2, 0) is 9.59 Å². The molecule has 2 amide bonds. The summed E-state index contributed by atoms with van der Waals surface area (Å²) in [6.45, 7) is 0. The zero-order chi connectivity index (χ0) is 15.0. The third-order valence-corrected chi connectivity index (χ3v) is 3.36. The van der Waals surface area contributed by atoms with Gasteiger partial charge >= 0.3 is 0 Å². The van der Waals surface area contributed by atoms with Crippen LogP contribution in [0, 0.1) is 0 Å². The van der Waals surface area contributed by atoms with Crippen molar-refractivity contribution in [2.45, 2.75) is 6.42 Å². The molecule has 1 aliphatic rings. The van der Waals surface area contributed by atoms with E-state index in [0.717, 1.165) is 0 Å². The molecule has 0 atom stereocenters. The van der Waals surface area contributed by atoms with Gasteiger partial charge in [0.15, 0.2) is 0 Å². The molecule has 2 N–H and O–H groups in total. The average Bonchev–Trinajstić information content (AvgIpc) is 2.55. The average molecular weight is 303 g/mol. The molecule has 1 heterocycles. The van der Waals surface area contributed by atoms with Crippen LogP contribution in [0.5, 0.6) is 5.75 Å². The molecule has 0 saturated carbocycles. The molecule has 0 aliphatic carbocycles. The van der Waals surface area contributed by atoms with Crippen LogP contribution in [0.2, 0.25) is 5.02 Å². The Morgan fingerprint density at radius 3 is 2.57 bits per heavy atom. The van der Waals surface area contributed by atoms with Crippen LogP contribution >= 0.6 is 11.6 Å². The van der Waals surface area contributed by atoms with Gasteiger partial charge in [0.2, 0.25) is 11.8 Å². The molecule has 2 aromatic carbocycles. The van der Waals surface area contributed by atoms with E-state index in [4.69, 9.17) is 11.6 Å². The molecule has 106 valence electrons. The number of carbonyl (C=O) groups excluding carboxylic acids is 2. The fourth-order valence-electron chi connectivity index (χ4n) is 2.28. The van der Waals surface area contributed by atoms with Crippen molar-refractivity contribution in [3.8, 4) is 5.75 Å². The number of hydrogen-bond donors (Lipinski definition) is 2. The van der Waals surface area contributed by atoms with Crippen molar-refractivity contribution in [1.29, 1.82) is 0 Å². The predicted octanol–water partition coefficient (Wildman–Crippen LogP) is 3.05. The van der Waals surface area contributed by atoms with Crippen LogP contribution < -0.4 is 10.2 Å². The van der Waals surface area contributed by atoms with Gasteiger partial charge in [-0.3, -0.25) is 14.5 Å². The second kappa shape index (κ2) is 5.10. The van der Waals surface area contributed by atoms with Crippen LogP contribution in [0.25, 0.3) is 0 Å². The minimum Gasteiger partial charge on any atom is -0.506 e. The molecule has 5 nitrogen and oxygen atoms in total. The van der Waals surface area contributed by atoms with Gasteiger partial charge in [-0.2, -0.15) is 0 Å². The Hall–Kier alpha value is -2.53. The molecule has 1 aliphatic heterocycles. The van der Waals surface area contributed by atoms with E-state index < -0.39 is 5.91 Å². The van der Waals surface area contributed by atoms with E-state index >= 15 is 0 Å². The number of carbonyl (C=O) groups is 2. The molecule has 21 heavy (non-hydrogen) atoms. The first-order valence-electron chi connectivity index (χ1n) is 6.26. The Bertz CT molecular complexity index is 731. The predicted molar refractivity (Wildman–Crippen MR) is 80.0 cm³/mol. The monoisotopic (exact) mass is 302 g/mol. The number of fused-ring (bicyclic) bond motifs is 1. The number of benzene rings is 2. The number of anilines is 3. The molecule has 3 rings (SSSR count). The molecule has 0 aromatic heterocycles. The number of amides is 2. The number of nitrogens with one attached hydrogen (secondary N) is 1. The summed E-state index contributed by atoms with van der Waals surface area (Å²) in [5.41, 5.74) is 1.13. The SMILES string of the molecule is O=C1CC(=O)N(c2ccccc2)c2cc(Cl)cc(O)c2N1. The summed E-state index contributed by atoms with van der Waals surface area (Å²) < 4.78 is 0. The first-order valence-corrected chi connectivity index (χ1v) is 6.64. The van der Waals surface area contributed by atoms with Crippen LogP contribution in [0.15, 0.2) is 42.5 Å². The summed E-state index contributed by atoms with van der Waals surface area (Å²) in [5, 5.41) is 12.8. The highest BCUT2D eigenvalue weighted by Crippen LogP contribution is 2.42. The van der Waals surface area contributed by atoms with E-state index in [1.807, 2.05) is 6.07 Å². The Morgan fingerprint density at radius 2 is 1.86 bits per heavy atom. The van der Waals surface area contributed by atoms with Crippen molar-refractivity contribution in [2.24, 2.45) is 0 Å². The highest BCUT2D eigenvalue weighted by Gasteiger charge is 2.29. The second-order valence-corrected chi connectivity index (χ2v) is 5.05. The highest BCUT2D eigenvalue weighted by atomic mass is 35.5. The molecule has 0 saturated heterocycles. The van der Waals surface area contributed by atoms with E-state index in [9.17, 15) is 14.7 Å². The van der Waals surface area contributed by atoms with Gasteiger partial charge in [-0.25, -0.2) is 0 Å². The Balaban J connectivity index is 2.25. The first-order chi connectivity index (χ1) is 10.1. The van der Waals surface area contributed by atoms with Crippen molar-refractivity contribution in [3.05, 3.63) is 47.5 Å². The van der Waals surface area contributed by atoms with Gasteiger partial charge in [0.1, 0.15) is 17.9 Å². The zero-order valence-electron chi connectivity index (χ0n) is 10.8. The summed E-state index contributed by atoms with van der Waals surface area (Å²) in [7, 11) is 0. The summed E-state index contributed by atoms with van der Waals surface area (Å²) in [6, 6.07) is 11.7. The van der Waals surface area contributed by atoms with Gasteiger partial charge in [0.25, 0.3) is 0 Å². The van der Waals surface area contributed by atoms with Crippen molar-refractivity contribution in [1.82, 2.24) is 0 Å². The van der Waals surface area contributed by atoms with Gasteiger partial charge in [-0.05, 0) is 18.2 Å². The third kappa shape index (κ3) is 2.43.